The highest BCUT2D eigenvalue weighted by Crippen LogP contribution is 2.28. The van der Waals surface area contributed by atoms with E-state index in [9.17, 15) is 8.78 Å². The molecule has 2 aromatic heterocycles. The van der Waals surface area contributed by atoms with E-state index in [1.54, 1.807) is 18.2 Å². The first-order chi connectivity index (χ1) is 11.6. The van der Waals surface area contributed by atoms with Crippen LogP contribution in [-0.4, -0.2) is 21.8 Å². The molecule has 0 aliphatic heterocycles. The van der Waals surface area contributed by atoms with Crippen LogP contribution in [0.15, 0.2) is 57.1 Å². The summed E-state index contributed by atoms with van der Waals surface area (Å²) in [6.45, 7) is -2.88. The highest BCUT2D eigenvalue weighted by molar-refractivity contribution is 7.99. The van der Waals surface area contributed by atoms with Gasteiger partial charge in [0.1, 0.15) is 22.5 Å². The maximum Gasteiger partial charge on any atom is 0.387 e. The molecule has 6 nitrogen and oxygen atoms in total. The number of benzene rings is 1. The monoisotopic (exact) mass is 346 g/mol. The highest BCUT2D eigenvalue weighted by atomic mass is 32.2. The minimum Gasteiger partial charge on any atom is -0.435 e. The Labute approximate surface area is 139 Å². The second kappa shape index (κ2) is 7.06. The van der Waals surface area contributed by atoms with Crippen molar-refractivity contribution in [1.29, 1.82) is 5.26 Å². The molecule has 9 heteroatoms. The van der Waals surface area contributed by atoms with Gasteiger partial charge in [0.25, 0.3) is 5.22 Å². The normalized spacial score (nSPS) is 10.6. The number of rotatable bonds is 5. The Bertz CT molecular complexity index is 878. The smallest absolute Gasteiger partial charge is 0.387 e. The summed E-state index contributed by atoms with van der Waals surface area (Å²) in [6.07, 6.45) is 0. The van der Waals surface area contributed by atoms with Crippen molar-refractivity contribution in [3.05, 3.63) is 48.2 Å². The molecule has 0 aliphatic rings. The Morgan fingerprint density at radius 1 is 1.12 bits per heavy atom. The number of nitrogens with zero attached hydrogens (tertiary/aromatic N) is 4. The third-order valence-electron chi connectivity index (χ3n) is 2.76. The fraction of sp³-hybridized carbons (Fsp3) is 0.0667. The van der Waals surface area contributed by atoms with E-state index in [1.807, 2.05) is 6.07 Å². The lowest BCUT2D eigenvalue weighted by Crippen LogP contribution is -2.01. The van der Waals surface area contributed by atoms with Crippen molar-refractivity contribution in [3.8, 4) is 23.3 Å². The number of halogens is 2. The molecule has 0 aliphatic carbocycles. The average Bonchev–Trinajstić information content (AvgIpc) is 3.03. The van der Waals surface area contributed by atoms with Crippen LogP contribution in [0.3, 0.4) is 0 Å². The van der Waals surface area contributed by atoms with Gasteiger partial charge in [-0.1, -0.05) is 6.07 Å². The Hall–Kier alpha value is -2.99. The highest BCUT2D eigenvalue weighted by Gasteiger charge is 2.12. The van der Waals surface area contributed by atoms with Crippen LogP contribution in [0, 0.1) is 11.3 Å². The Morgan fingerprint density at radius 2 is 1.92 bits per heavy atom. The number of hydrogen-bond acceptors (Lipinski definition) is 7. The van der Waals surface area contributed by atoms with Gasteiger partial charge in [-0.3, -0.25) is 0 Å². The largest absolute Gasteiger partial charge is 0.435 e. The summed E-state index contributed by atoms with van der Waals surface area (Å²) in [7, 11) is 0. The lowest BCUT2D eigenvalue weighted by Gasteiger charge is -2.03. The zero-order valence-electron chi connectivity index (χ0n) is 11.9. The molecule has 3 aromatic rings. The van der Waals surface area contributed by atoms with Gasteiger partial charge in [-0.2, -0.15) is 14.0 Å². The molecule has 120 valence electrons. The molecule has 1 aromatic carbocycles. The first kappa shape index (κ1) is 15.9. The molecule has 0 spiro atoms. The molecule has 0 fully saturated rings. The predicted molar refractivity (Wildman–Crippen MR) is 79.4 cm³/mol. The molecule has 0 bridgehead atoms. The predicted octanol–water partition coefficient (Wildman–Crippen LogP) is 3.76. The maximum absolute atomic E-state index is 12.1. The number of pyridine rings is 1. The van der Waals surface area contributed by atoms with Gasteiger partial charge < -0.3 is 9.15 Å². The summed E-state index contributed by atoms with van der Waals surface area (Å²) in [5.74, 6) is 0.276. The van der Waals surface area contributed by atoms with E-state index >= 15 is 0 Å². The van der Waals surface area contributed by atoms with Crippen molar-refractivity contribution >= 4 is 11.8 Å². The van der Waals surface area contributed by atoms with E-state index in [2.05, 4.69) is 19.9 Å². The van der Waals surface area contributed by atoms with E-state index in [-0.39, 0.29) is 22.6 Å². The molecule has 0 atom stereocenters. The molecule has 0 amide bonds. The van der Waals surface area contributed by atoms with E-state index in [0.29, 0.717) is 10.6 Å². The minimum atomic E-state index is -2.88. The van der Waals surface area contributed by atoms with Crippen LogP contribution in [0.5, 0.6) is 5.75 Å². The van der Waals surface area contributed by atoms with Gasteiger partial charge in [-0.15, -0.1) is 10.2 Å². The van der Waals surface area contributed by atoms with Crippen LogP contribution in [0.1, 0.15) is 5.69 Å². The Morgan fingerprint density at radius 3 is 2.62 bits per heavy atom. The van der Waals surface area contributed by atoms with Crippen molar-refractivity contribution < 1.29 is 17.9 Å². The van der Waals surface area contributed by atoms with Crippen LogP contribution in [0.25, 0.3) is 11.5 Å². The molecule has 0 radical (unpaired) electrons. The van der Waals surface area contributed by atoms with Crippen LogP contribution >= 0.6 is 11.8 Å². The zero-order chi connectivity index (χ0) is 16.9. The topological polar surface area (TPSA) is 84.8 Å². The lowest BCUT2D eigenvalue weighted by atomic mass is 10.2. The summed E-state index contributed by atoms with van der Waals surface area (Å²) in [5.41, 5.74) is 0.851. The first-order valence-electron chi connectivity index (χ1n) is 6.58. The summed E-state index contributed by atoms with van der Waals surface area (Å²) in [6, 6.07) is 12.8. The number of alkyl halides is 2. The summed E-state index contributed by atoms with van der Waals surface area (Å²) in [4.78, 5) is 4.09. The molecule has 3 rings (SSSR count). The molecular weight excluding hydrogens is 338 g/mol. The summed E-state index contributed by atoms with van der Waals surface area (Å²) in [5, 5.41) is 17.4. The third-order valence-corrected chi connectivity index (χ3v) is 3.54. The van der Waals surface area contributed by atoms with Gasteiger partial charge in [0.05, 0.1) is 0 Å². The lowest BCUT2D eigenvalue weighted by molar-refractivity contribution is -0.0498. The van der Waals surface area contributed by atoms with Gasteiger partial charge in [0.2, 0.25) is 5.89 Å². The average molecular weight is 346 g/mol. The minimum absolute atomic E-state index is 0.0420. The van der Waals surface area contributed by atoms with Crippen LogP contribution < -0.4 is 4.74 Å². The van der Waals surface area contributed by atoms with E-state index in [0.717, 1.165) is 11.8 Å². The molecule has 24 heavy (non-hydrogen) atoms. The summed E-state index contributed by atoms with van der Waals surface area (Å²) < 4.78 is 34.0. The van der Waals surface area contributed by atoms with E-state index in [1.165, 1.54) is 24.3 Å². The fourth-order valence-electron chi connectivity index (χ4n) is 1.77. The molecule has 0 N–H and O–H groups in total. The number of hydrogen-bond donors (Lipinski definition) is 0. The fourth-order valence-corrected chi connectivity index (χ4v) is 2.44. The number of aromatic nitrogens is 3. The van der Waals surface area contributed by atoms with Crippen LogP contribution in [0.4, 0.5) is 8.78 Å². The van der Waals surface area contributed by atoms with Crippen LogP contribution in [0.2, 0.25) is 0 Å². The molecule has 0 saturated carbocycles. The standard InChI is InChI=1S/C15H8F2N4O2S/c16-14(17)22-11-6-4-9(5-7-11)13-20-21-15(23-13)24-12-3-1-2-10(8-18)19-12/h1-7,14H. The van der Waals surface area contributed by atoms with Gasteiger partial charge in [0.15, 0.2) is 0 Å². The van der Waals surface area contributed by atoms with Gasteiger partial charge >= 0.3 is 6.61 Å². The van der Waals surface area contributed by atoms with Crippen molar-refractivity contribution in [1.82, 2.24) is 15.2 Å². The SMILES string of the molecule is N#Cc1cccc(Sc2nnc(-c3ccc(OC(F)F)cc3)o2)n1. The Kier molecular flexibility index (Phi) is 4.67. The van der Waals surface area contributed by atoms with Gasteiger partial charge in [-0.05, 0) is 48.2 Å². The number of ether oxygens (including phenoxy) is 1. The third kappa shape index (κ3) is 3.85. The molecule has 0 unspecified atom stereocenters. The van der Waals surface area contributed by atoms with E-state index in [4.69, 9.17) is 9.68 Å². The van der Waals surface area contributed by atoms with Crippen LogP contribution in [-0.2, 0) is 0 Å². The maximum atomic E-state index is 12.1. The second-order valence-corrected chi connectivity index (χ2v) is 5.32. The van der Waals surface area contributed by atoms with Crippen molar-refractivity contribution in [2.75, 3.05) is 0 Å². The summed E-state index contributed by atoms with van der Waals surface area (Å²) >= 11 is 1.12. The quantitative estimate of drug-likeness (QED) is 0.695. The molecule has 2 heterocycles. The number of nitriles is 1. The second-order valence-electron chi connectivity index (χ2n) is 4.35. The van der Waals surface area contributed by atoms with E-state index < -0.39 is 6.61 Å². The van der Waals surface area contributed by atoms with Gasteiger partial charge in [-0.25, -0.2) is 4.98 Å². The van der Waals surface area contributed by atoms with Gasteiger partial charge in [0, 0.05) is 5.56 Å². The zero-order valence-corrected chi connectivity index (χ0v) is 12.7. The molecular formula is C15H8F2N4O2S. The Balaban J connectivity index is 1.74. The van der Waals surface area contributed by atoms with Crippen molar-refractivity contribution in [2.45, 2.75) is 16.9 Å². The van der Waals surface area contributed by atoms with Crippen molar-refractivity contribution in [3.63, 3.8) is 0 Å². The van der Waals surface area contributed by atoms with Crippen molar-refractivity contribution in [2.24, 2.45) is 0 Å². The first-order valence-corrected chi connectivity index (χ1v) is 7.39. The molecule has 0 saturated heterocycles.